The van der Waals surface area contributed by atoms with E-state index in [0.29, 0.717) is 0 Å². The van der Waals surface area contributed by atoms with E-state index in [4.69, 9.17) is 0 Å². The lowest BCUT2D eigenvalue weighted by Gasteiger charge is -1.82. The lowest BCUT2D eigenvalue weighted by atomic mass is 10.4. The quantitative estimate of drug-likeness (QED) is 0.560. The molecule has 2 nitrogen and oxygen atoms in total. The highest BCUT2D eigenvalue weighted by atomic mass is 15.5. The number of pyridine rings is 1. The highest BCUT2D eigenvalue weighted by molar-refractivity contribution is 5.74. The maximum atomic E-state index is 4.09. The molecule has 0 amide bonds. The molecule has 0 spiro atoms. The molecule has 0 radical (unpaired) electrons. The van der Waals surface area contributed by atoms with Gasteiger partial charge >= 0.3 is 0 Å². The summed E-state index contributed by atoms with van der Waals surface area (Å²) in [5.74, 6) is 0. The topological polar surface area (TPSA) is 28.7 Å². The molecular formula is C7H6N2. The highest BCUT2D eigenvalue weighted by Crippen LogP contribution is 2.05. The summed E-state index contributed by atoms with van der Waals surface area (Å²) < 4.78 is 0. The van der Waals surface area contributed by atoms with E-state index in [0.717, 1.165) is 11.0 Å². The van der Waals surface area contributed by atoms with Gasteiger partial charge in [-0.2, -0.15) is 0 Å². The van der Waals surface area contributed by atoms with Crippen molar-refractivity contribution in [2.45, 2.75) is 0 Å². The normalized spacial score (nSPS) is 10.2. The molecule has 2 aromatic heterocycles. The van der Waals surface area contributed by atoms with E-state index in [-0.39, 0.29) is 0 Å². The van der Waals surface area contributed by atoms with Crippen LogP contribution < -0.4 is 0 Å². The number of rotatable bonds is 0. The van der Waals surface area contributed by atoms with Crippen molar-refractivity contribution in [3.63, 3.8) is 0 Å². The van der Waals surface area contributed by atoms with Crippen LogP contribution in [0.15, 0.2) is 30.6 Å². The molecular weight excluding hydrogens is 113 g/mol. The minimum atomic E-state index is 0.956. The molecule has 0 saturated heterocycles. The van der Waals surface area contributed by atoms with Crippen molar-refractivity contribution in [2.75, 3.05) is 0 Å². The summed E-state index contributed by atoms with van der Waals surface area (Å²) in [6.07, 6.45) is 3.66. The SMILES string of the molecule is c1cnc2[15nH]ccc2c1. The fraction of sp³-hybridized carbons (Fsp3) is 0. The Balaban J connectivity index is 2.95. The Labute approximate surface area is 52.5 Å². The lowest BCUT2D eigenvalue weighted by Crippen LogP contribution is -1.70. The molecule has 44 valence electrons. The van der Waals surface area contributed by atoms with E-state index < -0.39 is 0 Å². The van der Waals surface area contributed by atoms with E-state index in [9.17, 15) is 0 Å². The number of hydrogen-bond acceptors (Lipinski definition) is 1. The van der Waals surface area contributed by atoms with Crippen LogP contribution in [0.5, 0.6) is 0 Å². The van der Waals surface area contributed by atoms with Crippen LogP contribution in [0.1, 0.15) is 0 Å². The number of nitrogens with zero attached hydrogens (tertiary/aromatic N) is 1. The van der Waals surface area contributed by atoms with E-state index in [2.05, 4.69) is 9.97 Å². The molecule has 1 N–H and O–H groups in total. The van der Waals surface area contributed by atoms with Gasteiger partial charge in [-0.1, -0.05) is 0 Å². The third-order valence-corrected chi connectivity index (χ3v) is 1.32. The Kier molecular flexibility index (Phi) is 0.803. The first-order valence-corrected chi connectivity index (χ1v) is 2.85. The lowest BCUT2D eigenvalue weighted by molar-refractivity contribution is 1.33. The van der Waals surface area contributed by atoms with E-state index in [1.807, 2.05) is 24.4 Å². The van der Waals surface area contributed by atoms with Gasteiger partial charge in [0.15, 0.2) is 0 Å². The molecule has 0 aliphatic carbocycles. The Bertz CT molecular complexity index is 281. The molecule has 0 bridgehead atoms. The maximum Gasteiger partial charge on any atom is 0.137 e. The summed E-state index contributed by atoms with van der Waals surface area (Å²) in [7, 11) is 0. The minimum Gasteiger partial charge on any atom is -0.346 e. The van der Waals surface area contributed by atoms with Crippen LogP contribution in [0.2, 0.25) is 0 Å². The molecule has 0 aliphatic heterocycles. The summed E-state index contributed by atoms with van der Waals surface area (Å²) >= 11 is 0. The molecule has 0 saturated carbocycles. The zero-order chi connectivity index (χ0) is 6.10. The standard InChI is InChI=1S/C7H6N2/c1-2-6-3-5-9-7(6)8-4-1/h1-5H,(H,8,9)/i9+1. The fourth-order valence-electron chi connectivity index (χ4n) is 0.883. The molecule has 0 fully saturated rings. The minimum absolute atomic E-state index is 0.956. The van der Waals surface area contributed by atoms with Crippen molar-refractivity contribution in [3.05, 3.63) is 30.6 Å². The van der Waals surface area contributed by atoms with Crippen LogP contribution in [-0.4, -0.2) is 9.97 Å². The molecule has 0 atom stereocenters. The molecule has 2 rings (SSSR count). The van der Waals surface area contributed by atoms with Gasteiger partial charge in [-0.05, 0) is 18.2 Å². The summed E-state index contributed by atoms with van der Waals surface area (Å²) in [4.78, 5) is 7.09. The average molecular weight is 119 g/mol. The van der Waals surface area contributed by atoms with Gasteiger partial charge in [-0.3, -0.25) is 0 Å². The van der Waals surface area contributed by atoms with Crippen LogP contribution in [0.4, 0.5) is 0 Å². The van der Waals surface area contributed by atoms with Crippen LogP contribution in [-0.2, 0) is 0 Å². The predicted molar refractivity (Wildman–Crippen MR) is 36.1 cm³/mol. The number of fused-ring (bicyclic) bond motifs is 1. The van der Waals surface area contributed by atoms with Crippen molar-refractivity contribution in [1.82, 2.24) is 9.97 Å². The Morgan fingerprint density at radius 1 is 1.33 bits per heavy atom. The van der Waals surface area contributed by atoms with Gasteiger partial charge in [0.05, 0.1) is 0 Å². The van der Waals surface area contributed by atoms with Gasteiger partial charge in [0.25, 0.3) is 0 Å². The number of hydrogen-bond donors (Lipinski definition) is 1. The molecule has 2 heterocycles. The van der Waals surface area contributed by atoms with E-state index in [1.165, 1.54) is 0 Å². The maximum absolute atomic E-state index is 4.09. The zero-order valence-electron chi connectivity index (χ0n) is 4.83. The molecule has 9 heavy (non-hydrogen) atoms. The average Bonchev–Trinajstić information content (AvgIpc) is 2.33. The highest BCUT2D eigenvalue weighted by Gasteiger charge is 1.88. The van der Waals surface area contributed by atoms with E-state index >= 15 is 0 Å². The van der Waals surface area contributed by atoms with Gasteiger partial charge < -0.3 is 4.98 Å². The van der Waals surface area contributed by atoms with Gasteiger partial charge in [-0.15, -0.1) is 0 Å². The second-order valence-corrected chi connectivity index (χ2v) is 1.92. The first kappa shape index (κ1) is 4.56. The van der Waals surface area contributed by atoms with Crippen LogP contribution in [0, 0.1) is 0 Å². The van der Waals surface area contributed by atoms with Crippen LogP contribution in [0.3, 0.4) is 0 Å². The Morgan fingerprint density at radius 2 is 2.33 bits per heavy atom. The molecule has 0 aromatic carbocycles. The van der Waals surface area contributed by atoms with Gasteiger partial charge in [0, 0.05) is 17.8 Å². The van der Waals surface area contributed by atoms with Gasteiger partial charge in [-0.25, -0.2) is 4.98 Å². The van der Waals surface area contributed by atoms with Crippen LogP contribution in [0.25, 0.3) is 11.0 Å². The van der Waals surface area contributed by atoms with Gasteiger partial charge in [0.1, 0.15) is 5.65 Å². The summed E-state index contributed by atoms with van der Waals surface area (Å²) in [6, 6.07) is 5.96. The molecule has 0 unspecified atom stereocenters. The molecule has 0 aliphatic rings. The molecule has 2 heteroatoms. The third-order valence-electron chi connectivity index (χ3n) is 1.32. The Morgan fingerprint density at radius 3 is 3.22 bits per heavy atom. The number of nitrogens with one attached hydrogen (secondary N) is 1. The predicted octanol–water partition coefficient (Wildman–Crippen LogP) is 1.56. The number of aromatic amines is 1. The van der Waals surface area contributed by atoms with Gasteiger partial charge in [0.2, 0.25) is 0 Å². The summed E-state index contributed by atoms with van der Waals surface area (Å²) in [5, 5.41) is 1.16. The van der Waals surface area contributed by atoms with Crippen molar-refractivity contribution >= 4 is 11.0 Å². The van der Waals surface area contributed by atoms with Crippen LogP contribution >= 0.6 is 0 Å². The monoisotopic (exact) mass is 119 g/mol. The van der Waals surface area contributed by atoms with E-state index in [1.54, 1.807) is 6.20 Å². The van der Waals surface area contributed by atoms with Crippen molar-refractivity contribution in [2.24, 2.45) is 0 Å². The first-order valence-electron chi connectivity index (χ1n) is 2.85. The summed E-state index contributed by atoms with van der Waals surface area (Å²) in [6.45, 7) is 0. The second kappa shape index (κ2) is 1.58. The second-order valence-electron chi connectivity index (χ2n) is 1.92. The molecule has 2 aromatic rings. The van der Waals surface area contributed by atoms with Crippen molar-refractivity contribution in [3.8, 4) is 0 Å². The number of H-pyrrole nitrogens is 1. The fourth-order valence-corrected chi connectivity index (χ4v) is 0.883. The Hall–Kier alpha value is -1.31. The van der Waals surface area contributed by atoms with Crippen molar-refractivity contribution in [1.29, 1.82) is 0 Å². The third kappa shape index (κ3) is 0.598. The number of aromatic nitrogens is 2. The van der Waals surface area contributed by atoms with Crippen molar-refractivity contribution < 1.29 is 0 Å². The summed E-state index contributed by atoms with van der Waals surface area (Å²) in [5.41, 5.74) is 0.956. The zero-order valence-corrected chi connectivity index (χ0v) is 4.83. The largest absolute Gasteiger partial charge is 0.346 e. The first-order chi connectivity index (χ1) is 4.47. The smallest absolute Gasteiger partial charge is 0.137 e.